The molecule has 2 heterocycles. The maximum absolute atomic E-state index is 12.4. The van der Waals surface area contributed by atoms with Crippen LogP contribution in [-0.2, 0) is 16.0 Å². The molecule has 23 heavy (non-hydrogen) atoms. The van der Waals surface area contributed by atoms with Crippen LogP contribution in [0.15, 0.2) is 34.7 Å². The van der Waals surface area contributed by atoms with Crippen LogP contribution in [0.5, 0.6) is 0 Å². The maximum atomic E-state index is 12.4. The predicted molar refractivity (Wildman–Crippen MR) is 84.6 cm³/mol. The maximum Gasteiger partial charge on any atom is 0.247 e. The fraction of sp³-hybridized carbons (Fsp3) is 0.471. The van der Waals surface area contributed by atoms with Crippen LogP contribution in [0.1, 0.15) is 26.2 Å². The standard InChI is InChI=1S/C17H21N3O3/c1-12-11-22-13(2)10-20(12)16(21)9-8-15-18-19-17(23-15)14-6-4-3-5-7-14/h3-7,12-13H,8-11H2,1-2H3/t12-,13-/m0/s1. The average Bonchev–Trinajstić information content (AvgIpc) is 3.05. The zero-order chi connectivity index (χ0) is 16.2. The first-order chi connectivity index (χ1) is 11.1. The highest BCUT2D eigenvalue weighted by Gasteiger charge is 2.27. The van der Waals surface area contributed by atoms with Gasteiger partial charge < -0.3 is 14.1 Å². The van der Waals surface area contributed by atoms with Crippen LogP contribution < -0.4 is 0 Å². The van der Waals surface area contributed by atoms with Crippen molar-refractivity contribution in [1.82, 2.24) is 15.1 Å². The number of aromatic nitrogens is 2. The second-order valence-corrected chi connectivity index (χ2v) is 5.91. The minimum atomic E-state index is 0.0863. The molecule has 0 N–H and O–H groups in total. The average molecular weight is 315 g/mol. The quantitative estimate of drug-likeness (QED) is 0.866. The SMILES string of the molecule is C[C@H]1CN(C(=O)CCc2nnc(-c3ccccc3)o2)[C@@H](C)CO1. The zero-order valence-corrected chi connectivity index (χ0v) is 13.4. The molecule has 6 nitrogen and oxygen atoms in total. The van der Waals surface area contributed by atoms with Crippen molar-refractivity contribution in [2.45, 2.75) is 38.8 Å². The molecule has 1 fully saturated rings. The van der Waals surface area contributed by atoms with Gasteiger partial charge in [0.15, 0.2) is 0 Å². The summed E-state index contributed by atoms with van der Waals surface area (Å²) in [5.74, 6) is 1.08. The molecule has 0 spiro atoms. The lowest BCUT2D eigenvalue weighted by molar-refractivity contribution is -0.143. The Morgan fingerprint density at radius 2 is 2.04 bits per heavy atom. The number of nitrogens with zero attached hydrogens (tertiary/aromatic N) is 3. The highest BCUT2D eigenvalue weighted by atomic mass is 16.5. The second-order valence-electron chi connectivity index (χ2n) is 5.91. The van der Waals surface area contributed by atoms with Crippen molar-refractivity contribution in [3.8, 4) is 11.5 Å². The number of hydrogen-bond donors (Lipinski definition) is 0. The molecule has 0 aliphatic carbocycles. The lowest BCUT2D eigenvalue weighted by atomic mass is 10.1. The number of amides is 1. The van der Waals surface area contributed by atoms with Gasteiger partial charge >= 0.3 is 0 Å². The molecule has 3 rings (SSSR count). The van der Waals surface area contributed by atoms with Gasteiger partial charge in [0.25, 0.3) is 0 Å². The van der Waals surface area contributed by atoms with Crippen LogP contribution in [0.25, 0.3) is 11.5 Å². The summed E-state index contributed by atoms with van der Waals surface area (Å²) in [5, 5.41) is 8.07. The summed E-state index contributed by atoms with van der Waals surface area (Å²) < 4.78 is 11.2. The minimum Gasteiger partial charge on any atom is -0.421 e. The molecule has 1 aliphatic heterocycles. The van der Waals surface area contributed by atoms with Crippen LogP contribution in [0.3, 0.4) is 0 Å². The number of rotatable bonds is 4. The third-order valence-corrected chi connectivity index (χ3v) is 3.97. The van der Waals surface area contributed by atoms with E-state index in [-0.39, 0.29) is 18.1 Å². The van der Waals surface area contributed by atoms with Gasteiger partial charge in [-0.3, -0.25) is 4.79 Å². The monoisotopic (exact) mass is 315 g/mol. The Hall–Kier alpha value is -2.21. The molecular formula is C17H21N3O3. The van der Waals surface area contributed by atoms with E-state index in [9.17, 15) is 4.79 Å². The summed E-state index contributed by atoms with van der Waals surface area (Å²) in [5.41, 5.74) is 0.883. The highest BCUT2D eigenvalue weighted by molar-refractivity contribution is 5.76. The Labute approximate surface area is 135 Å². The topological polar surface area (TPSA) is 68.5 Å². The molecule has 0 bridgehead atoms. The number of aryl methyl sites for hydroxylation is 1. The molecular weight excluding hydrogens is 294 g/mol. The van der Waals surface area contributed by atoms with E-state index in [4.69, 9.17) is 9.15 Å². The highest BCUT2D eigenvalue weighted by Crippen LogP contribution is 2.18. The zero-order valence-electron chi connectivity index (χ0n) is 13.4. The van der Waals surface area contributed by atoms with Gasteiger partial charge in [-0.25, -0.2) is 0 Å². The molecule has 1 aromatic carbocycles. The van der Waals surface area contributed by atoms with Crippen LogP contribution in [0, 0.1) is 0 Å². The number of hydrogen-bond acceptors (Lipinski definition) is 5. The first-order valence-corrected chi connectivity index (χ1v) is 7.92. The van der Waals surface area contributed by atoms with E-state index in [0.29, 0.717) is 37.8 Å². The van der Waals surface area contributed by atoms with Crippen molar-refractivity contribution in [2.75, 3.05) is 13.2 Å². The van der Waals surface area contributed by atoms with E-state index in [2.05, 4.69) is 10.2 Å². The van der Waals surface area contributed by atoms with Gasteiger partial charge in [-0.15, -0.1) is 10.2 Å². The molecule has 2 aromatic rings. The van der Waals surface area contributed by atoms with E-state index in [1.54, 1.807) is 0 Å². The van der Waals surface area contributed by atoms with Crippen LogP contribution in [0.2, 0.25) is 0 Å². The Bertz CT molecular complexity index is 656. The van der Waals surface area contributed by atoms with Crippen molar-refractivity contribution in [3.05, 3.63) is 36.2 Å². The van der Waals surface area contributed by atoms with E-state index in [0.717, 1.165) is 5.56 Å². The molecule has 1 amide bonds. The summed E-state index contributed by atoms with van der Waals surface area (Å²) >= 11 is 0. The molecule has 122 valence electrons. The van der Waals surface area contributed by atoms with E-state index >= 15 is 0 Å². The fourth-order valence-electron chi connectivity index (χ4n) is 2.66. The number of morpholine rings is 1. The first-order valence-electron chi connectivity index (χ1n) is 7.92. The first kappa shape index (κ1) is 15.7. The van der Waals surface area contributed by atoms with Crippen LogP contribution in [-0.4, -0.2) is 46.3 Å². The Balaban J connectivity index is 1.58. The minimum absolute atomic E-state index is 0.0863. The summed E-state index contributed by atoms with van der Waals surface area (Å²) in [6.45, 7) is 5.21. The molecule has 1 aromatic heterocycles. The molecule has 1 aliphatic rings. The third-order valence-electron chi connectivity index (χ3n) is 3.97. The fourth-order valence-corrected chi connectivity index (χ4v) is 2.66. The van der Waals surface area contributed by atoms with Crippen molar-refractivity contribution in [2.24, 2.45) is 0 Å². The molecule has 0 radical (unpaired) electrons. The number of ether oxygens (including phenoxy) is 1. The van der Waals surface area contributed by atoms with E-state index < -0.39 is 0 Å². The van der Waals surface area contributed by atoms with Gasteiger partial charge in [0, 0.05) is 24.9 Å². The Morgan fingerprint density at radius 1 is 1.26 bits per heavy atom. The molecule has 6 heteroatoms. The molecule has 1 saturated heterocycles. The van der Waals surface area contributed by atoms with Gasteiger partial charge in [-0.2, -0.15) is 0 Å². The van der Waals surface area contributed by atoms with Crippen LogP contribution in [0.4, 0.5) is 0 Å². The molecule has 2 atom stereocenters. The number of carbonyl (C=O) groups excluding carboxylic acids is 1. The van der Waals surface area contributed by atoms with Crippen molar-refractivity contribution >= 4 is 5.91 Å². The lowest BCUT2D eigenvalue weighted by Crippen LogP contribution is -2.50. The number of carbonyl (C=O) groups is 1. The van der Waals surface area contributed by atoms with E-state index in [1.165, 1.54) is 0 Å². The lowest BCUT2D eigenvalue weighted by Gasteiger charge is -2.36. The van der Waals surface area contributed by atoms with Crippen molar-refractivity contribution < 1.29 is 13.9 Å². The van der Waals surface area contributed by atoms with Gasteiger partial charge in [0.05, 0.1) is 18.8 Å². The van der Waals surface area contributed by atoms with E-state index in [1.807, 2.05) is 49.1 Å². The van der Waals surface area contributed by atoms with Gasteiger partial charge in [-0.1, -0.05) is 18.2 Å². The molecule has 0 unspecified atom stereocenters. The Morgan fingerprint density at radius 3 is 2.83 bits per heavy atom. The summed E-state index contributed by atoms with van der Waals surface area (Å²) in [6.07, 6.45) is 0.910. The summed E-state index contributed by atoms with van der Waals surface area (Å²) in [7, 11) is 0. The van der Waals surface area contributed by atoms with Crippen molar-refractivity contribution in [1.29, 1.82) is 0 Å². The van der Waals surface area contributed by atoms with Gasteiger partial charge in [0.1, 0.15) is 0 Å². The Kier molecular flexibility index (Phi) is 4.71. The molecule has 0 saturated carbocycles. The largest absolute Gasteiger partial charge is 0.421 e. The smallest absolute Gasteiger partial charge is 0.247 e. The van der Waals surface area contributed by atoms with Gasteiger partial charge in [0.2, 0.25) is 17.7 Å². The van der Waals surface area contributed by atoms with Crippen LogP contribution >= 0.6 is 0 Å². The summed E-state index contributed by atoms with van der Waals surface area (Å²) in [6, 6.07) is 9.72. The van der Waals surface area contributed by atoms with Gasteiger partial charge in [-0.05, 0) is 26.0 Å². The summed E-state index contributed by atoms with van der Waals surface area (Å²) in [4.78, 5) is 14.3. The third kappa shape index (κ3) is 3.76. The predicted octanol–water partition coefficient (Wildman–Crippen LogP) is 2.31. The second kappa shape index (κ2) is 6.91. The number of benzene rings is 1. The van der Waals surface area contributed by atoms with Crippen molar-refractivity contribution in [3.63, 3.8) is 0 Å². The normalized spacial score (nSPS) is 21.4.